The van der Waals surface area contributed by atoms with Gasteiger partial charge in [0.15, 0.2) is 0 Å². The maximum absolute atomic E-state index is 13.7. The molecule has 1 aromatic heterocycles. The van der Waals surface area contributed by atoms with E-state index in [1.807, 2.05) is 24.6 Å². The first-order valence-corrected chi connectivity index (χ1v) is 12.2. The molecule has 1 saturated heterocycles. The summed E-state index contributed by atoms with van der Waals surface area (Å²) in [5.41, 5.74) is 0.757. The van der Waals surface area contributed by atoms with Crippen molar-refractivity contribution in [3.05, 3.63) is 62.4 Å². The molecule has 1 atom stereocenters. The van der Waals surface area contributed by atoms with Gasteiger partial charge in [0, 0.05) is 48.8 Å². The zero-order chi connectivity index (χ0) is 25.2. The Morgan fingerprint density at radius 2 is 1.91 bits per heavy atom. The number of likely N-dealkylation sites (tertiary alicyclic amines) is 1. The fraction of sp³-hybridized carbons (Fsp3) is 0.417. The van der Waals surface area contributed by atoms with Crippen LogP contribution in [0.5, 0.6) is 0 Å². The first kappa shape index (κ1) is 26.8. The third-order valence-corrected chi connectivity index (χ3v) is 7.25. The standard InChI is InChI=1S/C18H17Cl2F2N2P.C6H11NO2/c1-9-4-5-13(19)12(16(9)20)8-15-23-17-10(2)6-11(18(21,22)25)7-14(17)24(15)3;8-2-1-6-3-7(4-6)5-9/h4-7H,8,25H2,1-3H3;5-6,8H,1-4H2. The number of carbonyl (C=O) groups is 1. The van der Waals surface area contributed by atoms with Crippen molar-refractivity contribution in [2.75, 3.05) is 19.7 Å². The smallest absolute Gasteiger partial charge is 0.283 e. The Balaban J connectivity index is 0.000000302. The molecule has 2 heterocycles. The number of nitrogens with zero attached hydrogens (tertiary/aromatic N) is 3. The summed E-state index contributed by atoms with van der Waals surface area (Å²) in [4.78, 5) is 16.3. The number of alkyl halides is 2. The van der Waals surface area contributed by atoms with Gasteiger partial charge in [-0.25, -0.2) is 4.98 Å². The number of halogens is 4. The zero-order valence-corrected chi connectivity index (χ0v) is 22.0. The van der Waals surface area contributed by atoms with Crippen LogP contribution in [0.4, 0.5) is 8.78 Å². The summed E-state index contributed by atoms with van der Waals surface area (Å²) < 4.78 is 29.2. The fourth-order valence-corrected chi connectivity index (χ4v) is 4.62. The van der Waals surface area contributed by atoms with E-state index in [1.165, 1.54) is 12.1 Å². The maximum atomic E-state index is 13.7. The molecular formula is C24H28Cl2F2N3O2P. The summed E-state index contributed by atoms with van der Waals surface area (Å²) in [5, 5.41) is 9.63. The number of aliphatic hydroxyl groups is 1. The lowest BCUT2D eigenvalue weighted by Crippen LogP contribution is -2.45. The number of amides is 1. The van der Waals surface area contributed by atoms with E-state index >= 15 is 0 Å². The molecule has 184 valence electrons. The van der Waals surface area contributed by atoms with Gasteiger partial charge in [0.05, 0.1) is 11.0 Å². The van der Waals surface area contributed by atoms with Crippen LogP contribution in [0, 0.1) is 19.8 Å². The number of benzene rings is 2. The van der Waals surface area contributed by atoms with Crippen molar-refractivity contribution in [2.24, 2.45) is 13.0 Å². The minimum Gasteiger partial charge on any atom is -0.396 e. The molecule has 0 radical (unpaired) electrons. The normalized spacial score (nSPS) is 14.1. The molecule has 4 rings (SSSR count). The Kier molecular flexibility index (Phi) is 8.56. The van der Waals surface area contributed by atoms with Crippen LogP contribution in [0.3, 0.4) is 0 Å². The summed E-state index contributed by atoms with van der Waals surface area (Å²) in [5.74, 6) is 1.27. The summed E-state index contributed by atoms with van der Waals surface area (Å²) in [6, 6.07) is 6.61. The number of rotatable bonds is 6. The number of aryl methyl sites for hydroxylation is 3. The van der Waals surface area contributed by atoms with E-state index in [-0.39, 0.29) is 12.2 Å². The summed E-state index contributed by atoms with van der Waals surface area (Å²) in [7, 11) is 3.39. The zero-order valence-electron chi connectivity index (χ0n) is 19.3. The first-order valence-electron chi connectivity index (χ1n) is 10.8. The van der Waals surface area contributed by atoms with Crippen LogP contribution in [-0.4, -0.2) is 45.7 Å². The van der Waals surface area contributed by atoms with E-state index in [2.05, 4.69) is 4.98 Å². The molecule has 1 aliphatic heterocycles. The van der Waals surface area contributed by atoms with E-state index in [0.717, 1.165) is 42.9 Å². The molecule has 1 amide bonds. The second kappa shape index (κ2) is 10.9. The highest BCUT2D eigenvalue weighted by atomic mass is 35.5. The molecule has 0 spiro atoms. The van der Waals surface area contributed by atoms with Crippen LogP contribution in [0.1, 0.15) is 34.5 Å². The lowest BCUT2D eigenvalue weighted by Gasteiger charge is -2.35. The van der Waals surface area contributed by atoms with Crippen molar-refractivity contribution < 1.29 is 18.7 Å². The van der Waals surface area contributed by atoms with Crippen LogP contribution < -0.4 is 0 Å². The molecule has 3 aromatic rings. The Bertz CT molecular complexity index is 1190. The molecule has 1 aliphatic rings. The van der Waals surface area contributed by atoms with E-state index in [9.17, 15) is 13.6 Å². The SMILES string of the molecule is Cc1ccc(Cl)c(Cc2nc3c(C)cc(C(F)(F)P)cc3n2C)c1Cl.O=CN1CC(CCO)C1. The average molecular weight is 530 g/mol. The van der Waals surface area contributed by atoms with Crippen LogP contribution in [0.2, 0.25) is 10.0 Å². The Hall–Kier alpha value is -1.79. The van der Waals surface area contributed by atoms with Gasteiger partial charge in [0.2, 0.25) is 6.41 Å². The van der Waals surface area contributed by atoms with Crippen molar-refractivity contribution in [3.8, 4) is 0 Å². The van der Waals surface area contributed by atoms with Crippen LogP contribution in [0.15, 0.2) is 24.3 Å². The molecule has 34 heavy (non-hydrogen) atoms. The number of hydrogen-bond acceptors (Lipinski definition) is 3. The van der Waals surface area contributed by atoms with Gasteiger partial charge in [-0.3, -0.25) is 4.79 Å². The fourth-order valence-electron chi connectivity index (χ4n) is 3.95. The molecule has 10 heteroatoms. The lowest BCUT2D eigenvalue weighted by atomic mass is 9.98. The van der Waals surface area contributed by atoms with Crippen molar-refractivity contribution >= 4 is 49.9 Å². The highest BCUT2D eigenvalue weighted by Crippen LogP contribution is 2.38. The van der Waals surface area contributed by atoms with E-state index in [1.54, 1.807) is 27.1 Å². The largest absolute Gasteiger partial charge is 0.396 e. The van der Waals surface area contributed by atoms with Gasteiger partial charge in [-0.15, -0.1) is 0 Å². The molecule has 1 unspecified atom stereocenters. The summed E-state index contributed by atoms with van der Waals surface area (Å²) in [6.45, 7) is 5.62. The molecule has 0 bridgehead atoms. The Morgan fingerprint density at radius 1 is 1.24 bits per heavy atom. The highest BCUT2D eigenvalue weighted by molar-refractivity contribution is 7.17. The van der Waals surface area contributed by atoms with Crippen molar-refractivity contribution in [2.45, 2.75) is 32.4 Å². The monoisotopic (exact) mass is 529 g/mol. The molecule has 1 N–H and O–H groups in total. The van der Waals surface area contributed by atoms with Gasteiger partial charge in [-0.05, 0) is 61.1 Å². The third kappa shape index (κ3) is 5.88. The minimum atomic E-state index is -2.98. The quantitative estimate of drug-likeness (QED) is 0.340. The summed E-state index contributed by atoms with van der Waals surface area (Å²) in [6.07, 6.45) is 2.12. The number of hydrogen-bond donors (Lipinski definition) is 1. The van der Waals surface area contributed by atoms with Crippen LogP contribution in [0.25, 0.3) is 11.0 Å². The predicted molar refractivity (Wildman–Crippen MR) is 136 cm³/mol. The Morgan fingerprint density at radius 3 is 2.50 bits per heavy atom. The molecule has 0 saturated carbocycles. The molecule has 1 fully saturated rings. The van der Waals surface area contributed by atoms with Crippen LogP contribution in [-0.2, 0) is 23.9 Å². The van der Waals surface area contributed by atoms with Gasteiger partial charge < -0.3 is 14.6 Å². The number of imidazole rings is 1. The van der Waals surface area contributed by atoms with Gasteiger partial charge in [0.25, 0.3) is 5.66 Å². The van der Waals surface area contributed by atoms with Crippen molar-refractivity contribution in [1.82, 2.24) is 14.5 Å². The van der Waals surface area contributed by atoms with Crippen molar-refractivity contribution in [3.63, 3.8) is 0 Å². The van der Waals surface area contributed by atoms with E-state index in [4.69, 9.17) is 28.3 Å². The number of fused-ring (bicyclic) bond motifs is 1. The number of aliphatic hydroxyl groups excluding tert-OH is 1. The van der Waals surface area contributed by atoms with Crippen LogP contribution >= 0.6 is 32.4 Å². The Labute approximate surface area is 210 Å². The maximum Gasteiger partial charge on any atom is 0.283 e. The molecule has 2 aromatic carbocycles. The van der Waals surface area contributed by atoms with E-state index < -0.39 is 5.66 Å². The van der Waals surface area contributed by atoms with Gasteiger partial charge in [-0.2, -0.15) is 8.78 Å². The predicted octanol–water partition coefficient (Wildman–Crippen LogP) is 5.47. The topological polar surface area (TPSA) is 58.4 Å². The highest BCUT2D eigenvalue weighted by Gasteiger charge is 2.27. The second-order valence-electron chi connectivity index (χ2n) is 8.64. The van der Waals surface area contributed by atoms with Crippen molar-refractivity contribution in [1.29, 1.82) is 0 Å². The number of carbonyl (C=O) groups excluding carboxylic acids is 1. The van der Waals surface area contributed by atoms with E-state index in [0.29, 0.717) is 39.0 Å². The van der Waals surface area contributed by atoms with Gasteiger partial charge >= 0.3 is 0 Å². The molecular weight excluding hydrogens is 502 g/mol. The first-order chi connectivity index (χ1) is 16.0. The third-order valence-electron chi connectivity index (χ3n) is 6.04. The molecule has 5 nitrogen and oxygen atoms in total. The second-order valence-corrected chi connectivity index (χ2v) is 10.2. The minimum absolute atomic E-state index is 0.0522. The lowest BCUT2D eigenvalue weighted by molar-refractivity contribution is -0.124. The summed E-state index contributed by atoms with van der Waals surface area (Å²) >= 11 is 12.7. The van der Waals surface area contributed by atoms with Gasteiger partial charge in [-0.1, -0.05) is 38.5 Å². The number of aromatic nitrogens is 2. The molecule has 0 aliphatic carbocycles. The van der Waals surface area contributed by atoms with Gasteiger partial charge in [0.1, 0.15) is 5.82 Å². The average Bonchev–Trinajstić information content (AvgIpc) is 3.06.